The summed E-state index contributed by atoms with van der Waals surface area (Å²) in [4.78, 5) is 153. The number of aliphatic imine (C=N–C) groups is 2. The van der Waals surface area contributed by atoms with E-state index >= 15 is 0 Å². The SMILES string of the molecule is NC(=O)CC[C@H](NC(=O)[C@H](CCCN=C(N)N)NC(=O)[C@H](CCCN=C(N)N)NC(=O)[C@@H]1CSSC[C@H](NC(=O)[C@@H](N)CC(N)=O)C(=O)N1)C(=O)N[C@@H](CC1CCCCC1)C(=O)N[C@H]1CSSC[C@@H](C(N)=O)NC1=O. The van der Waals surface area contributed by atoms with Crippen molar-refractivity contribution in [2.75, 3.05) is 36.1 Å². The molecule has 2 heterocycles. The van der Waals surface area contributed by atoms with Crippen LogP contribution in [0.4, 0.5) is 0 Å². The zero-order valence-corrected chi connectivity index (χ0v) is 44.6. The van der Waals surface area contributed by atoms with Crippen LogP contribution < -0.4 is 88.4 Å². The van der Waals surface area contributed by atoms with Crippen LogP contribution in [0.3, 0.4) is 0 Å². The summed E-state index contributed by atoms with van der Waals surface area (Å²) in [6, 6.07) is -11.5. The Bertz CT molecular complexity index is 2100. The lowest BCUT2D eigenvalue weighted by Gasteiger charge is -2.30. The summed E-state index contributed by atoms with van der Waals surface area (Å²) in [7, 11) is 4.89. The third kappa shape index (κ3) is 24.1. The van der Waals surface area contributed by atoms with Crippen molar-refractivity contribution in [1.82, 2.24) is 42.5 Å². The lowest BCUT2D eigenvalue weighted by molar-refractivity contribution is -0.136. The largest absolute Gasteiger partial charge is 0.370 e. The minimum Gasteiger partial charge on any atom is -0.370 e. The average Bonchev–Trinajstić information content (AvgIpc) is 3.33. The van der Waals surface area contributed by atoms with Gasteiger partial charge in [0.05, 0.1) is 12.5 Å². The maximum atomic E-state index is 14.4. The van der Waals surface area contributed by atoms with Gasteiger partial charge in [0.1, 0.15) is 48.3 Å². The molecule has 9 atom stereocenters. The molecule has 3 fully saturated rings. The fourth-order valence-corrected chi connectivity index (χ4v) is 12.5. The molecule has 0 spiro atoms. The zero-order valence-electron chi connectivity index (χ0n) is 41.3. The van der Waals surface area contributed by atoms with E-state index in [1.54, 1.807) is 0 Å². The van der Waals surface area contributed by atoms with Gasteiger partial charge in [-0.2, -0.15) is 0 Å². The Morgan fingerprint density at radius 3 is 1.49 bits per heavy atom. The first-order chi connectivity index (χ1) is 35.5. The van der Waals surface area contributed by atoms with E-state index in [0.29, 0.717) is 0 Å². The molecule has 1 saturated carbocycles. The first kappa shape index (κ1) is 63.4. The van der Waals surface area contributed by atoms with E-state index in [1.165, 1.54) is 43.2 Å². The Labute approximate surface area is 449 Å². The van der Waals surface area contributed by atoms with Crippen molar-refractivity contribution in [3.8, 4) is 0 Å². The van der Waals surface area contributed by atoms with Crippen LogP contribution in [0.2, 0.25) is 0 Å². The highest BCUT2D eigenvalue weighted by Gasteiger charge is 2.37. The van der Waals surface area contributed by atoms with Crippen molar-refractivity contribution < 1.29 is 52.7 Å². The van der Waals surface area contributed by atoms with Gasteiger partial charge in [-0.3, -0.25) is 62.7 Å². The normalized spacial score (nSPS) is 21.2. The smallest absolute Gasteiger partial charge is 0.244 e. The van der Waals surface area contributed by atoms with Gasteiger partial charge in [0.2, 0.25) is 65.0 Å². The number of guanidine groups is 2. The van der Waals surface area contributed by atoms with Gasteiger partial charge in [-0.25, -0.2) is 0 Å². The molecule has 2 aliphatic heterocycles. The molecule has 24 N–H and O–H groups in total. The summed E-state index contributed by atoms with van der Waals surface area (Å²) >= 11 is 0. The molecule has 0 aromatic rings. The zero-order chi connectivity index (χ0) is 55.6. The van der Waals surface area contributed by atoms with E-state index in [0.717, 1.165) is 32.1 Å². The van der Waals surface area contributed by atoms with Crippen molar-refractivity contribution in [3.05, 3.63) is 0 Å². The van der Waals surface area contributed by atoms with Crippen LogP contribution in [-0.4, -0.2) is 167 Å². The van der Waals surface area contributed by atoms with E-state index in [9.17, 15) is 52.7 Å². The third-order valence-corrected chi connectivity index (χ3v) is 16.7. The fourth-order valence-electron chi connectivity index (χ4n) is 7.79. The van der Waals surface area contributed by atoms with Gasteiger partial charge >= 0.3 is 0 Å². The molecule has 75 heavy (non-hydrogen) atoms. The lowest BCUT2D eigenvalue weighted by atomic mass is 9.84. The highest BCUT2D eigenvalue weighted by molar-refractivity contribution is 8.77. The van der Waals surface area contributed by atoms with Gasteiger partial charge in [0.25, 0.3) is 0 Å². The Balaban J connectivity index is 1.90. The van der Waals surface area contributed by atoms with Gasteiger partial charge in [-0.15, -0.1) is 0 Å². The summed E-state index contributed by atoms with van der Waals surface area (Å²) in [5, 5.41) is 20.8. The second-order valence-corrected chi connectivity index (χ2v) is 23.1. The molecule has 29 nitrogen and oxygen atoms in total. The first-order valence-electron chi connectivity index (χ1n) is 24.2. The van der Waals surface area contributed by atoms with Crippen molar-refractivity contribution in [2.24, 2.45) is 61.8 Å². The van der Waals surface area contributed by atoms with Crippen LogP contribution in [0.1, 0.15) is 83.5 Å². The van der Waals surface area contributed by atoms with Crippen LogP contribution in [0.5, 0.6) is 0 Å². The number of nitrogens with one attached hydrogen (secondary N) is 8. The van der Waals surface area contributed by atoms with E-state index in [4.69, 9.17) is 45.9 Å². The summed E-state index contributed by atoms with van der Waals surface area (Å²) < 4.78 is 0. The fraction of sp³-hybridized carbons (Fsp3) is 0.690. The Hall–Kier alpha value is -5.93. The van der Waals surface area contributed by atoms with Crippen LogP contribution in [0.25, 0.3) is 0 Å². The van der Waals surface area contributed by atoms with Gasteiger partial charge in [-0.05, 0) is 44.4 Å². The van der Waals surface area contributed by atoms with Gasteiger partial charge < -0.3 is 88.4 Å². The topological polar surface area (TPSA) is 517 Å². The lowest BCUT2D eigenvalue weighted by Crippen LogP contribution is -2.61. The maximum absolute atomic E-state index is 14.4. The van der Waals surface area contributed by atoms with E-state index in [1.807, 2.05) is 0 Å². The Morgan fingerprint density at radius 1 is 0.547 bits per heavy atom. The molecule has 0 aromatic heterocycles. The summed E-state index contributed by atoms with van der Waals surface area (Å²) in [5.41, 5.74) is 43.9. The molecule has 11 amide bonds. The molecule has 0 aromatic carbocycles. The maximum Gasteiger partial charge on any atom is 0.244 e. The number of rotatable bonds is 28. The Kier molecular flexibility index (Phi) is 28.0. The van der Waals surface area contributed by atoms with E-state index < -0.39 is 132 Å². The average molecular weight is 1130 g/mol. The third-order valence-electron chi connectivity index (χ3n) is 11.8. The molecule has 3 aliphatic rings. The van der Waals surface area contributed by atoms with Crippen molar-refractivity contribution in [2.45, 2.75) is 138 Å². The predicted molar refractivity (Wildman–Crippen MR) is 286 cm³/mol. The van der Waals surface area contributed by atoms with Crippen molar-refractivity contribution in [3.63, 3.8) is 0 Å². The molecule has 33 heteroatoms. The molecule has 0 radical (unpaired) electrons. The molecule has 3 rings (SSSR count). The minimum absolute atomic E-state index is 0.000800. The second kappa shape index (κ2) is 33.2. The molecule has 1 aliphatic carbocycles. The quantitative estimate of drug-likeness (QED) is 0.0150. The van der Waals surface area contributed by atoms with Crippen molar-refractivity contribution in [1.29, 1.82) is 0 Å². The van der Waals surface area contributed by atoms with Crippen LogP contribution >= 0.6 is 43.2 Å². The summed E-state index contributed by atoms with van der Waals surface area (Å²) in [5.74, 6) is -8.90. The van der Waals surface area contributed by atoms with Crippen LogP contribution in [-0.2, 0) is 52.7 Å². The van der Waals surface area contributed by atoms with E-state index in [2.05, 4.69) is 52.5 Å². The molecule has 0 bridgehead atoms. The standard InChI is InChI=1S/C42H72N18O11S4/c43-21(15-31(45)62)33(64)58-27-17-74-75-18-28(60-40(27)71)38(69)54-23(9-5-13-52-42(49)50)34(65)53-22(8-4-12-51-41(47)48)35(66)55-24(10-11-30(44)61)36(67)56-25(14-20-6-2-1-3-7-20)37(68)59-29-19-73-72-16-26(32(46)63)57-39(29)70/h20-29H,1-19,43H2,(H2,44,61)(H2,45,62)(H2,46,63)(H,53,65)(H,54,69)(H,55,66)(H,56,67)(H,57,70)(H,58,64)(H,59,68)(H,60,71)(H4,47,48,51)(H4,49,50,52)/t21-,22-,23-,24-,25-,26-,27-,28-,29-/m0/s1. The van der Waals surface area contributed by atoms with Crippen LogP contribution in [0, 0.1) is 5.92 Å². The molecular formula is C42H72N18O11S4. The number of nitrogens with two attached hydrogens (primary N) is 8. The second-order valence-electron chi connectivity index (χ2n) is 17.9. The number of hydrogen-bond donors (Lipinski definition) is 16. The predicted octanol–water partition coefficient (Wildman–Crippen LogP) is -6.31. The molecular weight excluding hydrogens is 1060 g/mol. The number of nitrogens with zero attached hydrogens (tertiary/aromatic N) is 2. The number of carbonyl (C=O) groups is 11. The summed E-state index contributed by atoms with van der Waals surface area (Å²) in [6.45, 7) is 0.0214. The number of amides is 11. The van der Waals surface area contributed by atoms with Gasteiger partial charge in [0.15, 0.2) is 11.9 Å². The van der Waals surface area contributed by atoms with E-state index in [-0.39, 0.29) is 92.5 Å². The highest BCUT2D eigenvalue weighted by atomic mass is 33.1. The number of primary amides is 3. The minimum atomic E-state index is -1.52. The highest BCUT2D eigenvalue weighted by Crippen LogP contribution is 2.29. The first-order valence-corrected chi connectivity index (χ1v) is 29.2. The number of carbonyl (C=O) groups excluding carboxylic acids is 11. The molecule has 0 unspecified atom stereocenters. The van der Waals surface area contributed by atoms with Gasteiger partial charge in [0, 0.05) is 42.5 Å². The molecule has 2 saturated heterocycles. The summed E-state index contributed by atoms with van der Waals surface area (Å²) in [6.07, 6.45) is 3.23. The van der Waals surface area contributed by atoms with Crippen molar-refractivity contribution >= 4 is 120 Å². The Morgan fingerprint density at radius 2 is 1.00 bits per heavy atom. The van der Waals surface area contributed by atoms with Gasteiger partial charge in [-0.1, -0.05) is 75.3 Å². The number of hydrogen-bond acceptors (Lipinski definition) is 18. The molecule has 420 valence electrons. The monoisotopic (exact) mass is 1130 g/mol. The van der Waals surface area contributed by atoms with Crippen LogP contribution in [0.15, 0.2) is 9.98 Å².